The highest BCUT2D eigenvalue weighted by Gasteiger charge is 2.31. The van der Waals surface area contributed by atoms with Crippen LogP contribution in [0.5, 0.6) is 0 Å². The quantitative estimate of drug-likeness (QED) is 0.809. The molecule has 2 amide bonds. The van der Waals surface area contributed by atoms with Crippen molar-refractivity contribution < 1.29 is 9.59 Å². The zero-order valence-corrected chi connectivity index (χ0v) is 17.2. The van der Waals surface area contributed by atoms with Crippen LogP contribution in [0, 0.1) is 5.92 Å². The van der Waals surface area contributed by atoms with Gasteiger partial charge in [0.2, 0.25) is 11.8 Å². The molecule has 0 spiro atoms. The highest BCUT2D eigenvalue weighted by atomic mass is 16.2. The normalized spacial score (nSPS) is 18.8. The Labute approximate surface area is 163 Å². The smallest absolute Gasteiger partial charge is 0.225 e. The minimum Gasteiger partial charge on any atom is -0.343 e. The van der Waals surface area contributed by atoms with E-state index >= 15 is 0 Å². The molecule has 0 atom stereocenters. The second-order valence-electron chi connectivity index (χ2n) is 9.13. The molecule has 0 aliphatic carbocycles. The highest BCUT2D eigenvalue weighted by molar-refractivity contribution is 5.80. The Balaban J connectivity index is 1.43. The number of rotatable bonds is 4. The summed E-state index contributed by atoms with van der Waals surface area (Å²) in [7, 11) is 0. The first-order valence-electron chi connectivity index (χ1n) is 10.5. The van der Waals surface area contributed by atoms with Crippen molar-refractivity contribution in [2.75, 3.05) is 26.2 Å². The van der Waals surface area contributed by atoms with E-state index in [-0.39, 0.29) is 17.2 Å². The fraction of sp³-hybridized carbons (Fsp3) is 0.652. The van der Waals surface area contributed by atoms with Gasteiger partial charge in [0.05, 0.1) is 0 Å². The summed E-state index contributed by atoms with van der Waals surface area (Å²) in [5, 5.41) is 0. The summed E-state index contributed by atoms with van der Waals surface area (Å²) in [6.07, 6.45) is 5.26. The lowest BCUT2D eigenvalue weighted by molar-refractivity contribution is -0.140. The predicted molar refractivity (Wildman–Crippen MR) is 109 cm³/mol. The third-order valence-electron chi connectivity index (χ3n) is 6.06. The van der Waals surface area contributed by atoms with Gasteiger partial charge in [-0.05, 0) is 48.6 Å². The molecule has 148 valence electrons. The summed E-state index contributed by atoms with van der Waals surface area (Å²) in [4.78, 5) is 29.0. The molecule has 1 aromatic carbocycles. The third-order valence-corrected chi connectivity index (χ3v) is 6.06. The first kappa shape index (κ1) is 19.9. The van der Waals surface area contributed by atoms with E-state index in [0.29, 0.717) is 12.3 Å². The largest absolute Gasteiger partial charge is 0.343 e. The molecule has 3 rings (SSSR count). The van der Waals surface area contributed by atoms with Crippen LogP contribution in [0.2, 0.25) is 0 Å². The lowest BCUT2D eigenvalue weighted by atomic mass is 9.86. The van der Waals surface area contributed by atoms with Crippen LogP contribution < -0.4 is 0 Å². The molecule has 2 heterocycles. The Bertz CT molecular complexity index is 646. The highest BCUT2D eigenvalue weighted by Crippen LogP contribution is 2.24. The molecule has 0 radical (unpaired) electrons. The van der Waals surface area contributed by atoms with E-state index in [0.717, 1.165) is 58.3 Å². The Hall–Kier alpha value is -1.84. The number of carbonyl (C=O) groups is 2. The first-order chi connectivity index (χ1) is 12.8. The van der Waals surface area contributed by atoms with E-state index in [1.54, 1.807) is 0 Å². The van der Waals surface area contributed by atoms with Crippen LogP contribution in [0.15, 0.2) is 24.3 Å². The summed E-state index contributed by atoms with van der Waals surface area (Å²) in [5.74, 6) is 0.664. The van der Waals surface area contributed by atoms with Crippen molar-refractivity contribution in [1.29, 1.82) is 0 Å². The minimum absolute atomic E-state index is 0.122. The van der Waals surface area contributed by atoms with Crippen molar-refractivity contribution in [3.63, 3.8) is 0 Å². The molecule has 4 heteroatoms. The standard InChI is InChI=1S/C23H34N2O2/c1-23(2,3)20-9-6-18(7-10-20)8-11-21(26)24-16-12-19(13-17-24)22(27)25-14-4-5-15-25/h6-7,9-10,19H,4-5,8,11-17H2,1-3H3. The molecule has 0 aromatic heterocycles. The summed E-state index contributed by atoms with van der Waals surface area (Å²) in [6, 6.07) is 8.65. The summed E-state index contributed by atoms with van der Waals surface area (Å²) in [5.41, 5.74) is 2.70. The molecule has 2 aliphatic heterocycles. The zero-order chi connectivity index (χ0) is 19.4. The van der Waals surface area contributed by atoms with Crippen molar-refractivity contribution in [2.24, 2.45) is 5.92 Å². The Morgan fingerprint density at radius 2 is 1.52 bits per heavy atom. The van der Waals surface area contributed by atoms with Crippen molar-refractivity contribution in [3.05, 3.63) is 35.4 Å². The summed E-state index contributed by atoms with van der Waals surface area (Å²) >= 11 is 0. The van der Waals surface area contributed by atoms with Crippen molar-refractivity contribution >= 4 is 11.8 Å². The predicted octanol–water partition coefficient (Wildman–Crippen LogP) is 3.78. The van der Waals surface area contributed by atoms with Gasteiger partial charge in [0.25, 0.3) is 0 Å². The van der Waals surface area contributed by atoms with Gasteiger partial charge >= 0.3 is 0 Å². The van der Waals surface area contributed by atoms with E-state index in [9.17, 15) is 9.59 Å². The van der Waals surface area contributed by atoms with Crippen LogP contribution in [0.1, 0.15) is 64.0 Å². The summed E-state index contributed by atoms with van der Waals surface area (Å²) in [6.45, 7) is 9.94. The van der Waals surface area contributed by atoms with Gasteiger partial charge in [-0.3, -0.25) is 9.59 Å². The van der Waals surface area contributed by atoms with Crippen LogP contribution in [0.3, 0.4) is 0 Å². The molecule has 4 nitrogen and oxygen atoms in total. The fourth-order valence-corrected chi connectivity index (χ4v) is 4.15. The van der Waals surface area contributed by atoms with Gasteiger partial charge in [-0.15, -0.1) is 0 Å². The lowest BCUT2D eigenvalue weighted by Gasteiger charge is -2.33. The Morgan fingerprint density at radius 1 is 0.926 bits per heavy atom. The van der Waals surface area contributed by atoms with E-state index in [1.165, 1.54) is 11.1 Å². The SMILES string of the molecule is CC(C)(C)c1ccc(CCC(=O)N2CCC(C(=O)N3CCCC3)CC2)cc1. The third kappa shape index (κ3) is 5.12. The maximum absolute atomic E-state index is 12.6. The van der Waals surface area contributed by atoms with Crippen LogP contribution in [0.4, 0.5) is 0 Å². The lowest BCUT2D eigenvalue weighted by Crippen LogP contribution is -2.43. The summed E-state index contributed by atoms with van der Waals surface area (Å²) < 4.78 is 0. The molecule has 0 N–H and O–H groups in total. The topological polar surface area (TPSA) is 40.6 Å². The number of hydrogen-bond donors (Lipinski definition) is 0. The van der Waals surface area contributed by atoms with Gasteiger partial charge in [0.15, 0.2) is 0 Å². The first-order valence-corrected chi connectivity index (χ1v) is 10.5. The maximum atomic E-state index is 12.6. The Morgan fingerprint density at radius 3 is 2.07 bits per heavy atom. The number of aryl methyl sites for hydroxylation is 1. The number of amides is 2. The molecule has 0 bridgehead atoms. The molecule has 0 saturated carbocycles. The number of hydrogen-bond acceptors (Lipinski definition) is 2. The molecule has 0 unspecified atom stereocenters. The number of likely N-dealkylation sites (tertiary alicyclic amines) is 2. The van der Waals surface area contributed by atoms with Gasteiger partial charge in [-0.2, -0.15) is 0 Å². The van der Waals surface area contributed by atoms with Crippen LogP contribution in [-0.2, 0) is 21.4 Å². The second kappa shape index (κ2) is 8.45. The molecule has 1 aromatic rings. The molecular weight excluding hydrogens is 336 g/mol. The molecule has 2 aliphatic rings. The molecule has 2 saturated heterocycles. The fourth-order valence-electron chi connectivity index (χ4n) is 4.15. The van der Waals surface area contributed by atoms with Gasteiger partial charge in [0.1, 0.15) is 0 Å². The van der Waals surface area contributed by atoms with E-state index in [4.69, 9.17) is 0 Å². The van der Waals surface area contributed by atoms with Gasteiger partial charge in [-0.1, -0.05) is 45.0 Å². The van der Waals surface area contributed by atoms with E-state index in [1.807, 2.05) is 9.80 Å². The van der Waals surface area contributed by atoms with Gasteiger partial charge in [-0.25, -0.2) is 0 Å². The van der Waals surface area contributed by atoms with Crippen LogP contribution >= 0.6 is 0 Å². The molecule has 27 heavy (non-hydrogen) atoms. The average Bonchev–Trinajstić information content (AvgIpc) is 3.20. The number of benzene rings is 1. The maximum Gasteiger partial charge on any atom is 0.225 e. The number of carbonyl (C=O) groups excluding carboxylic acids is 2. The number of nitrogens with zero attached hydrogens (tertiary/aromatic N) is 2. The van der Waals surface area contributed by atoms with Crippen molar-refractivity contribution in [1.82, 2.24) is 9.80 Å². The molecular formula is C23H34N2O2. The van der Waals surface area contributed by atoms with E-state index < -0.39 is 0 Å². The van der Waals surface area contributed by atoms with Crippen LogP contribution in [-0.4, -0.2) is 47.8 Å². The van der Waals surface area contributed by atoms with Gasteiger partial charge in [0, 0.05) is 38.5 Å². The zero-order valence-electron chi connectivity index (χ0n) is 17.2. The van der Waals surface area contributed by atoms with Crippen molar-refractivity contribution in [3.8, 4) is 0 Å². The Kier molecular flexibility index (Phi) is 6.23. The minimum atomic E-state index is 0.122. The average molecular weight is 371 g/mol. The number of piperidine rings is 1. The van der Waals surface area contributed by atoms with E-state index in [2.05, 4.69) is 45.0 Å². The monoisotopic (exact) mass is 370 g/mol. The van der Waals surface area contributed by atoms with Gasteiger partial charge < -0.3 is 9.80 Å². The second-order valence-corrected chi connectivity index (χ2v) is 9.13. The molecule has 2 fully saturated rings. The van der Waals surface area contributed by atoms with Crippen LogP contribution in [0.25, 0.3) is 0 Å². The van der Waals surface area contributed by atoms with Crippen molar-refractivity contribution in [2.45, 2.75) is 64.7 Å².